The number of aliphatic carboxylic acids is 1. The Kier molecular flexibility index (Phi) is 4.32. The number of hydrogen-bond donors (Lipinski definition) is 1. The number of nitrogens with zero attached hydrogens (tertiary/aromatic N) is 2. The molecule has 116 valence electrons. The second-order valence-corrected chi connectivity index (χ2v) is 5.82. The van der Waals surface area contributed by atoms with Gasteiger partial charge in [-0.15, -0.1) is 0 Å². The summed E-state index contributed by atoms with van der Waals surface area (Å²) >= 11 is 3.22. The molecule has 1 heterocycles. The van der Waals surface area contributed by atoms with E-state index in [0.29, 0.717) is 4.47 Å². The Morgan fingerprint density at radius 1 is 1.27 bits per heavy atom. The van der Waals surface area contributed by atoms with Crippen LogP contribution in [0.1, 0.15) is 27.6 Å². The summed E-state index contributed by atoms with van der Waals surface area (Å²) < 4.78 is 0.650. The molecule has 0 saturated heterocycles. The van der Waals surface area contributed by atoms with Crippen molar-refractivity contribution in [2.45, 2.75) is 13.0 Å². The van der Waals surface area contributed by atoms with E-state index in [-0.39, 0.29) is 11.1 Å². The number of carboxylic acid groups (broad SMARTS) is 1. The molecule has 0 aliphatic carbocycles. The maximum absolute atomic E-state index is 12.2. The maximum Gasteiger partial charge on any atom is 0.326 e. The molecule has 2 rings (SSSR count). The van der Waals surface area contributed by atoms with Crippen LogP contribution >= 0.6 is 15.9 Å². The topological polar surface area (TPSA) is 95.0 Å². The van der Waals surface area contributed by atoms with Gasteiger partial charge in [-0.3, -0.25) is 19.3 Å². The van der Waals surface area contributed by atoms with E-state index >= 15 is 0 Å². The van der Waals surface area contributed by atoms with E-state index in [2.05, 4.69) is 15.9 Å². The predicted octanol–water partition coefficient (Wildman–Crippen LogP) is 0.977. The van der Waals surface area contributed by atoms with E-state index in [1.165, 1.54) is 26.1 Å². The van der Waals surface area contributed by atoms with Crippen molar-refractivity contribution in [3.8, 4) is 0 Å². The van der Waals surface area contributed by atoms with Crippen molar-refractivity contribution in [3.63, 3.8) is 0 Å². The van der Waals surface area contributed by atoms with Crippen LogP contribution in [0, 0.1) is 0 Å². The highest BCUT2D eigenvalue weighted by Gasteiger charge is 2.37. The molecule has 8 heteroatoms. The maximum atomic E-state index is 12.2. The number of rotatable bonds is 4. The van der Waals surface area contributed by atoms with Gasteiger partial charge in [-0.1, -0.05) is 15.9 Å². The first-order valence-corrected chi connectivity index (χ1v) is 7.17. The van der Waals surface area contributed by atoms with Gasteiger partial charge in [-0.25, -0.2) is 4.79 Å². The molecule has 22 heavy (non-hydrogen) atoms. The summed E-state index contributed by atoms with van der Waals surface area (Å²) in [5.41, 5.74) is 0.455. The molecule has 0 aromatic heterocycles. The lowest BCUT2D eigenvalue weighted by Crippen LogP contribution is -2.46. The van der Waals surface area contributed by atoms with Crippen LogP contribution in [0.3, 0.4) is 0 Å². The van der Waals surface area contributed by atoms with Crippen LogP contribution in [0.25, 0.3) is 0 Å². The molecule has 0 fully saturated rings. The van der Waals surface area contributed by atoms with Crippen LogP contribution < -0.4 is 0 Å². The molecule has 0 radical (unpaired) electrons. The van der Waals surface area contributed by atoms with Crippen molar-refractivity contribution >= 4 is 39.6 Å². The second-order valence-electron chi connectivity index (χ2n) is 4.91. The number of halogens is 1. The molecule has 1 N–H and O–H groups in total. The van der Waals surface area contributed by atoms with Gasteiger partial charge in [0, 0.05) is 11.5 Å². The summed E-state index contributed by atoms with van der Waals surface area (Å²) in [4.78, 5) is 49.2. The van der Waals surface area contributed by atoms with Gasteiger partial charge in [-0.05, 0) is 25.1 Å². The molecular weight excluding hydrogens is 356 g/mol. The Hall–Kier alpha value is -2.22. The van der Waals surface area contributed by atoms with E-state index in [1.807, 2.05) is 0 Å². The van der Waals surface area contributed by atoms with Crippen molar-refractivity contribution in [1.82, 2.24) is 9.80 Å². The van der Waals surface area contributed by atoms with Gasteiger partial charge in [0.05, 0.1) is 11.1 Å². The highest BCUT2D eigenvalue weighted by atomic mass is 79.9. The molecule has 1 aliphatic heterocycles. The number of likely N-dealkylation sites (N-methyl/N-ethyl adjacent to an activating group) is 1. The minimum absolute atomic E-state index is 0.223. The molecule has 1 atom stereocenters. The number of carboxylic acids is 1. The fourth-order valence-corrected chi connectivity index (χ4v) is 2.40. The summed E-state index contributed by atoms with van der Waals surface area (Å²) in [7, 11) is 1.32. The largest absolute Gasteiger partial charge is 0.480 e. The first-order valence-electron chi connectivity index (χ1n) is 6.38. The number of fused-ring (bicyclic) bond motifs is 1. The predicted molar refractivity (Wildman–Crippen MR) is 79.4 cm³/mol. The number of carbonyl (C=O) groups is 4. The van der Waals surface area contributed by atoms with Gasteiger partial charge in [0.1, 0.15) is 12.6 Å². The van der Waals surface area contributed by atoms with Crippen LogP contribution in [0.5, 0.6) is 0 Å². The quantitative estimate of drug-likeness (QED) is 0.799. The molecule has 1 aromatic rings. The zero-order valence-corrected chi connectivity index (χ0v) is 13.5. The van der Waals surface area contributed by atoms with Gasteiger partial charge in [-0.2, -0.15) is 0 Å². The Bertz CT molecular complexity index is 688. The van der Waals surface area contributed by atoms with Crippen LogP contribution in [0.15, 0.2) is 22.7 Å². The number of imide groups is 1. The third kappa shape index (κ3) is 2.74. The van der Waals surface area contributed by atoms with Crippen molar-refractivity contribution < 1.29 is 24.3 Å². The lowest BCUT2D eigenvalue weighted by atomic mass is 10.1. The van der Waals surface area contributed by atoms with Gasteiger partial charge in [0.25, 0.3) is 11.8 Å². The van der Waals surface area contributed by atoms with E-state index in [9.17, 15) is 19.2 Å². The number of amides is 3. The SMILES string of the molecule is CC(C(=O)O)N(C)C(=O)CN1C(=O)c2ccc(Br)cc2C1=O. The minimum atomic E-state index is -1.16. The molecule has 0 spiro atoms. The third-order valence-corrected chi connectivity index (χ3v) is 4.05. The zero-order valence-electron chi connectivity index (χ0n) is 11.9. The van der Waals surface area contributed by atoms with Crippen LogP contribution in [0.2, 0.25) is 0 Å². The minimum Gasteiger partial charge on any atom is -0.480 e. The lowest BCUT2D eigenvalue weighted by Gasteiger charge is -2.23. The number of benzene rings is 1. The summed E-state index contributed by atoms with van der Waals surface area (Å²) in [6.45, 7) is 0.859. The Morgan fingerprint density at radius 2 is 1.86 bits per heavy atom. The molecule has 1 aliphatic rings. The fourth-order valence-electron chi connectivity index (χ4n) is 2.03. The first-order chi connectivity index (χ1) is 10.2. The summed E-state index contributed by atoms with van der Waals surface area (Å²) in [6.07, 6.45) is 0. The Labute approximate surface area is 134 Å². The van der Waals surface area contributed by atoms with Crippen molar-refractivity contribution in [2.75, 3.05) is 13.6 Å². The molecule has 0 bridgehead atoms. The Morgan fingerprint density at radius 3 is 2.45 bits per heavy atom. The second kappa shape index (κ2) is 5.88. The normalized spacial score (nSPS) is 14.8. The molecule has 7 nitrogen and oxygen atoms in total. The average Bonchev–Trinajstić information content (AvgIpc) is 2.70. The van der Waals surface area contributed by atoms with Gasteiger partial charge in [0.2, 0.25) is 5.91 Å². The molecule has 0 saturated carbocycles. The van der Waals surface area contributed by atoms with Crippen molar-refractivity contribution in [1.29, 1.82) is 0 Å². The van der Waals surface area contributed by atoms with Crippen molar-refractivity contribution in [3.05, 3.63) is 33.8 Å². The average molecular weight is 369 g/mol. The number of hydrogen-bond acceptors (Lipinski definition) is 4. The standard InChI is InChI=1S/C14H13BrN2O5/c1-7(14(21)22)16(2)11(18)6-17-12(19)9-4-3-8(15)5-10(9)13(17)20/h3-5,7H,6H2,1-2H3,(H,21,22). The zero-order chi connectivity index (χ0) is 16.6. The third-order valence-electron chi connectivity index (χ3n) is 3.56. The highest BCUT2D eigenvalue weighted by Crippen LogP contribution is 2.25. The first kappa shape index (κ1) is 16.2. The van der Waals surface area contributed by atoms with E-state index in [4.69, 9.17) is 5.11 Å². The highest BCUT2D eigenvalue weighted by molar-refractivity contribution is 9.10. The fraction of sp³-hybridized carbons (Fsp3) is 0.286. The van der Waals surface area contributed by atoms with Crippen LogP contribution in [0.4, 0.5) is 0 Å². The summed E-state index contributed by atoms with van der Waals surface area (Å²) in [6, 6.07) is 3.61. The van der Waals surface area contributed by atoms with E-state index < -0.39 is 36.3 Å². The van der Waals surface area contributed by atoms with E-state index in [1.54, 1.807) is 6.07 Å². The van der Waals surface area contributed by atoms with Crippen LogP contribution in [-0.2, 0) is 9.59 Å². The molecule has 1 unspecified atom stereocenters. The smallest absolute Gasteiger partial charge is 0.326 e. The Balaban J connectivity index is 2.19. The molecular formula is C14H13BrN2O5. The molecule has 1 aromatic carbocycles. The van der Waals surface area contributed by atoms with Gasteiger partial charge >= 0.3 is 5.97 Å². The van der Waals surface area contributed by atoms with Crippen LogP contribution in [-0.4, -0.2) is 58.2 Å². The van der Waals surface area contributed by atoms with E-state index in [0.717, 1.165) is 9.80 Å². The van der Waals surface area contributed by atoms with Gasteiger partial charge in [0.15, 0.2) is 0 Å². The molecule has 3 amide bonds. The van der Waals surface area contributed by atoms with Gasteiger partial charge < -0.3 is 10.0 Å². The van der Waals surface area contributed by atoms with Crippen molar-refractivity contribution in [2.24, 2.45) is 0 Å². The lowest BCUT2D eigenvalue weighted by molar-refractivity contribution is -0.148. The summed E-state index contributed by atoms with van der Waals surface area (Å²) in [5, 5.41) is 8.89. The number of carbonyl (C=O) groups excluding carboxylic acids is 3. The summed E-state index contributed by atoms with van der Waals surface area (Å²) in [5.74, 6) is -2.91. The monoisotopic (exact) mass is 368 g/mol.